The maximum absolute atomic E-state index is 6.83. The molecule has 46 heavy (non-hydrogen) atoms. The lowest BCUT2D eigenvalue weighted by molar-refractivity contribution is 0.399. The van der Waals surface area contributed by atoms with E-state index in [2.05, 4.69) is 158 Å². The number of fused-ring (bicyclic) bond motifs is 11. The van der Waals surface area contributed by atoms with E-state index in [0.717, 1.165) is 61.9 Å². The Morgan fingerprint density at radius 2 is 0.957 bits per heavy atom. The summed E-state index contributed by atoms with van der Waals surface area (Å²) in [4.78, 5) is 0. The van der Waals surface area contributed by atoms with Crippen LogP contribution in [-0.2, 0) is 5.41 Å². The largest absolute Gasteiger partial charge is 0.457 e. The summed E-state index contributed by atoms with van der Waals surface area (Å²) in [5, 5.41) is 2.59. The van der Waals surface area contributed by atoms with Crippen molar-refractivity contribution in [1.29, 1.82) is 0 Å². The van der Waals surface area contributed by atoms with Crippen LogP contribution < -0.4 is 9.47 Å². The molecular weight excluding hydrogens is 581 g/mol. The zero-order chi connectivity index (χ0) is 30.2. The van der Waals surface area contributed by atoms with Crippen molar-refractivity contribution >= 4 is 31.5 Å². The Kier molecular flexibility index (Phi) is 5.40. The van der Waals surface area contributed by atoms with Crippen molar-refractivity contribution in [3.63, 3.8) is 0 Å². The van der Waals surface area contributed by atoms with Gasteiger partial charge in [0.15, 0.2) is 0 Å². The van der Waals surface area contributed by atoms with Crippen LogP contribution in [0.3, 0.4) is 0 Å². The van der Waals surface area contributed by atoms with Gasteiger partial charge in [0.05, 0.1) is 5.41 Å². The lowest BCUT2D eigenvalue weighted by Crippen LogP contribution is -2.36. The molecule has 0 fully saturated rings. The van der Waals surface area contributed by atoms with Gasteiger partial charge >= 0.3 is 0 Å². The molecule has 0 aliphatic carbocycles. The highest BCUT2D eigenvalue weighted by Gasteiger charge is 2.50. The zero-order valence-corrected chi connectivity index (χ0v) is 25.6. The van der Waals surface area contributed by atoms with Crippen LogP contribution in [-0.4, -0.2) is 0 Å². The maximum atomic E-state index is 6.83. The Morgan fingerprint density at radius 3 is 1.70 bits per heavy atom. The molecule has 0 N–H and O–H groups in total. The van der Waals surface area contributed by atoms with Crippen LogP contribution >= 0.6 is 11.3 Å². The molecule has 1 atom stereocenters. The molecule has 2 aliphatic rings. The van der Waals surface area contributed by atoms with Gasteiger partial charge in [-0.3, -0.25) is 0 Å². The van der Waals surface area contributed by atoms with E-state index < -0.39 is 5.41 Å². The molecule has 1 aromatic heterocycles. The average molecular weight is 607 g/mol. The molecule has 8 aromatic rings. The summed E-state index contributed by atoms with van der Waals surface area (Å²) in [5.74, 6) is 3.45. The minimum atomic E-state index is -0.622. The van der Waals surface area contributed by atoms with Crippen LogP contribution in [0.1, 0.15) is 22.3 Å². The summed E-state index contributed by atoms with van der Waals surface area (Å²) < 4.78 is 16.2. The highest BCUT2D eigenvalue weighted by Crippen LogP contribution is 2.62. The van der Waals surface area contributed by atoms with Crippen LogP contribution in [0, 0.1) is 0 Å². The van der Waals surface area contributed by atoms with Gasteiger partial charge in [-0.2, -0.15) is 0 Å². The van der Waals surface area contributed by atoms with Crippen LogP contribution in [0.2, 0.25) is 0 Å². The zero-order valence-electron chi connectivity index (χ0n) is 24.7. The SMILES string of the molecule is c1ccc(-c2ccc3c(c2)Oc2ccccc2C32c3ccccc3Oc3cc(-c4cccc5sc6ccccc6c45)ccc32)cc1. The molecule has 0 bridgehead atoms. The first-order chi connectivity index (χ1) is 22.8. The number of rotatable bonds is 2. The second kappa shape index (κ2) is 9.68. The van der Waals surface area contributed by atoms with Crippen molar-refractivity contribution in [3.05, 3.63) is 180 Å². The molecule has 2 nitrogen and oxygen atoms in total. The number of ether oxygens (including phenoxy) is 2. The molecule has 0 saturated heterocycles. The van der Waals surface area contributed by atoms with Crippen molar-refractivity contribution in [2.75, 3.05) is 0 Å². The van der Waals surface area contributed by atoms with Crippen LogP contribution in [0.5, 0.6) is 23.0 Å². The summed E-state index contributed by atoms with van der Waals surface area (Å²) in [6, 6.07) is 56.2. The maximum Gasteiger partial charge on any atom is 0.132 e. The van der Waals surface area contributed by atoms with E-state index in [0.29, 0.717) is 0 Å². The number of hydrogen-bond acceptors (Lipinski definition) is 3. The number of hydrogen-bond donors (Lipinski definition) is 0. The van der Waals surface area contributed by atoms with E-state index in [1.807, 2.05) is 11.3 Å². The van der Waals surface area contributed by atoms with Gasteiger partial charge in [-0.1, -0.05) is 121 Å². The molecule has 1 unspecified atom stereocenters. The first-order valence-electron chi connectivity index (χ1n) is 15.6. The van der Waals surface area contributed by atoms with Gasteiger partial charge in [0.1, 0.15) is 23.0 Å². The highest BCUT2D eigenvalue weighted by atomic mass is 32.1. The predicted molar refractivity (Wildman–Crippen MR) is 189 cm³/mol. The van der Waals surface area contributed by atoms with Crippen molar-refractivity contribution < 1.29 is 9.47 Å². The topological polar surface area (TPSA) is 18.5 Å². The molecule has 10 rings (SSSR count). The summed E-state index contributed by atoms with van der Waals surface area (Å²) >= 11 is 1.85. The van der Waals surface area contributed by atoms with E-state index in [9.17, 15) is 0 Å². The third kappa shape index (κ3) is 3.52. The van der Waals surface area contributed by atoms with Gasteiger partial charge in [0.25, 0.3) is 0 Å². The predicted octanol–water partition coefficient (Wildman–Crippen LogP) is 12.0. The fourth-order valence-corrected chi connectivity index (χ4v) is 8.80. The third-order valence-corrected chi connectivity index (χ3v) is 10.7. The Morgan fingerprint density at radius 1 is 0.391 bits per heavy atom. The lowest BCUT2D eigenvalue weighted by atomic mass is 9.62. The number of benzene rings is 7. The monoisotopic (exact) mass is 606 g/mol. The van der Waals surface area contributed by atoms with Crippen molar-refractivity contribution in [2.45, 2.75) is 5.41 Å². The Labute approximate surface area is 270 Å². The average Bonchev–Trinajstić information content (AvgIpc) is 3.50. The standard InChI is InChI=1S/C43H26O2S/c1-2-11-27(12-3-1)28-21-23-34-38(25-28)44-36-17-7-5-15-32(36)43(34)33-16-6-8-18-37(33)45-39-26-29(22-24-35(39)43)30-14-10-20-41-42(30)31-13-4-9-19-40(31)46-41/h1-26H. The third-order valence-electron chi connectivity index (χ3n) is 9.61. The molecule has 1 spiro atoms. The van der Waals surface area contributed by atoms with Gasteiger partial charge in [-0.05, 0) is 58.7 Å². The molecule has 216 valence electrons. The summed E-state index contributed by atoms with van der Waals surface area (Å²) in [7, 11) is 0. The Bertz CT molecular complexity index is 2480. The Hall–Kier alpha value is -5.64. The molecule has 2 aliphatic heterocycles. The minimum Gasteiger partial charge on any atom is -0.457 e. The van der Waals surface area contributed by atoms with Crippen molar-refractivity contribution in [1.82, 2.24) is 0 Å². The quantitative estimate of drug-likeness (QED) is 0.195. The minimum absolute atomic E-state index is 0.622. The van der Waals surface area contributed by atoms with Crippen LogP contribution in [0.25, 0.3) is 42.4 Å². The number of para-hydroxylation sites is 2. The van der Waals surface area contributed by atoms with Crippen molar-refractivity contribution in [3.8, 4) is 45.3 Å². The van der Waals surface area contributed by atoms with E-state index in [1.54, 1.807) is 0 Å². The van der Waals surface area contributed by atoms with Gasteiger partial charge in [0, 0.05) is 42.4 Å². The fourth-order valence-electron chi connectivity index (χ4n) is 7.66. The van der Waals surface area contributed by atoms with Gasteiger partial charge < -0.3 is 9.47 Å². The molecule has 0 saturated carbocycles. The second-order valence-corrected chi connectivity index (χ2v) is 13.1. The summed E-state index contributed by atoms with van der Waals surface area (Å²) in [5.41, 5.74) is 8.48. The molecular formula is C43H26O2S. The molecule has 3 heteroatoms. The molecule has 3 heterocycles. The van der Waals surface area contributed by atoms with Gasteiger partial charge in [0.2, 0.25) is 0 Å². The van der Waals surface area contributed by atoms with Crippen LogP contribution in [0.15, 0.2) is 158 Å². The van der Waals surface area contributed by atoms with E-state index >= 15 is 0 Å². The molecule has 0 radical (unpaired) electrons. The molecule has 0 amide bonds. The first-order valence-corrected chi connectivity index (χ1v) is 16.4. The summed E-state index contributed by atoms with van der Waals surface area (Å²) in [6.45, 7) is 0. The van der Waals surface area contributed by atoms with Crippen LogP contribution in [0.4, 0.5) is 0 Å². The smallest absolute Gasteiger partial charge is 0.132 e. The fraction of sp³-hybridized carbons (Fsp3) is 0.0233. The van der Waals surface area contributed by atoms with Crippen molar-refractivity contribution in [2.24, 2.45) is 0 Å². The Balaban J connectivity index is 1.25. The van der Waals surface area contributed by atoms with Gasteiger partial charge in [-0.15, -0.1) is 11.3 Å². The number of thiophene rings is 1. The summed E-state index contributed by atoms with van der Waals surface area (Å²) in [6.07, 6.45) is 0. The van der Waals surface area contributed by atoms with Gasteiger partial charge in [-0.25, -0.2) is 0 Å². The molecule has 7 aromatic carbocycles. The van der Waals surface area contributed by atoms with E-state index in [1.165, 1.54) is 25.7 Å². The highest BCUT2D eigenvalue weighted by molar-refractivity contribution is 7.25. The lowest BCUT2D eigenvalue weighted by Gasteiger charge is -2.45. The normalized spacial score (nSPS) is 15.8. The van der Waals surface area contributed by atoms with E-state index in [4.69, 9.17) is 9.47 Å². The first kappa shape index (κ1) is 25.7. The second-order valence-electron chi connectivity index (χ2n) is 12.0. The van der Waals surface area contributed by atoms with E-state index in [-0.39, 0.29) is 0 Å².